The Morgan fingerprint density at radius 2 is 2.21 bits per heavy atom. The summed E-state index contributed by atoms with van der Waals surface area (Å²) in [4.78, 5) is 18.9. The van der Waals surface area contributed by atoms with Crippen molar-refractivity contribution in [3.8, 4) is 0 Å². The number of likely N-dealkylation sites (tertiary alicyclic amines) is 1. The predicted molar refractivity (Wildman–Crippen MR) is 76.2 cm³/mol. The maximum Gasteiger partial charge on any atom is 0.225 e. The fraction of sp³-hybridized carbons (Fsp3) is 0.714. The third-order valence-corrected chi connectivity index (χ3v) is 5.46. The van der Waals surface area contributed by atoms with Crippen LogP contribution in [0.25, 0.3) is 0 Å². The van der Waals surface area contributed by atoms with Gasteiger partial charge in [-0.1, -0.05) is 6.92 Å². The van der Waals surface area contributed by atoms with Gasteiger partial charge in [0.05, 0.1) is 5.01 Å². The minimum Gasteiger partial charge on any atom is -0.342 e. The molecule has 0 aliphatic carbocycles. The van der Waals surface area contributed by atoms with Crippen molar-refractivity contribution in [2.75, 3.05) is 26.2 Å². The molecule has 2 fully saturated rings. The van der Waals surface area contributed by atoms with E-state index in [0.29, 0.717) is 17.7 Å². The number of hydrogen-bond acceptors (Lipinski definition) is 4. The molecular formula is C14H21N3OS. The van der Waals surface area contributed by atoms with Crippen molar-refractivity contribution in [1.29, 1.82) is 0 Å². The average Bonchev–Trinajstić information content (AvgIpc) is 2.90. The lowest BCUT2D eigenvalue weighted by molar-refractivity contribution is -0.138. The van der Waals surface area contributed by atoms with Gasteiger partial charge in [-0.15, -0.1) is 11.3 Å². The van der Waals surface area contributed by atoms with Gasteiger partial charge < -0.3 is 10.2 Å². The lowest BCUT2D eigenvalue weighted by atomic mass is 9.87. The highest BCUT2D eigenvalue weighted by Crippen LogP contribution is 2.30. The van der Waals surface area contributed by atoms with Gasteiger partial charge in [0, 0.05) is 36.5 Å². The Morgan fingerprint density at radius 3 is 2.74 bits per heavy atom. The Balaban J connectivity index is 1.53. The van der Waals surface area contributed by atoms with E-state index in [0.717, 1.165) is 39.0 Å². The van der Waals surface area contributed by atoms with Crippen LogP contribution in [0.15, 0.2) is 11.6 Å². The molecule has 1 N–H and O–H groups in total. The number of amides is 1. The highest BCUT2D eigenvalue weighted by atomic mass is 32.1. The number of nitrogens with zero attached hydrogens (tertiary/aromatic N) is 2. The number of piperidine rings is 1. The normalized spacial score (nSPS) is 23.1. The smallest absolute Gasteiger partial charge is 0.225 e. The molecule has 1 unspecified atom stereocenters. The third-order valence-electron chi connectivity index (χ3n) is 4.52. The fourth-order valence-electron chi connectivity index (χ4n) is 2.94. The number of nitrogens with one attached hydrogen (secondary N) is 1. The lowest BCUT2D eigenvalue weighted by Crippen LogP contribution is -2.51. The van der Waals surface area contributed by atoms with Gasteiger partial charge in [0.25, 0.3) is 0 Å². The van der Waals surface area contributed by atoms with Gasteiger partial charge in [-0.2, -0.15) is 0 Å². The van der Waals surface area contributed by atoms with Gasteiger partial charge in [-0.25, -0.2) is 4.98 Å². The molecule has 104 valence electrons. The number of rotatable bonds is 3. The molecule has 2 aliphatic heterocycles. The molecule has 1 amide bonds. The summed E-state index contributed by atoms with van der Waals surface area (Å²) < 4.78 is 0. The molecule has 1 aromatic rings. The van der Waals surface area contributed by atoms with E-state index in [-0.39, 0.29) is 5.92 Å². The van der Waals surface area contributed by atoms with E-state index in [9.17, 15) is 4.79 Å². The maximum atomic E-state index is 12.4. The van der Waals surface area contributed by atoms with E-state index >= 15 is 0 Å². The molecular weight excluding hydrogens is 258 g/mol. The first kappa shape index (κ1) is 13.1. The summed E-state index contributed by atoms with van der Waals surface area (Å²) in [5.41, 5.74) is 0. The third kappa shape index (κ3) is 2.67. The van der Waals surface area contributed by atoms with Crippen LogP contribution in [0.5, 0.6) is 0 Å². The van der Waals surface area contributed by atoms with E-state index in [1.54, 1.807) is 11.3 Å². The summed E-state index contributed by atoms with van der Waals surface area (Å²) in [7, 11) is 0. The minimum atomic E-state index is 0.178. The van der Waals surface area contributed by atoms with Crippen molar-refractivity contribution >= 4 is 17.2 Å². The monoisotopic (exact) mass is 279 g/mol. The number of aromatic nitrogens is 1. The van der Waals surface area contributed by atoms with Crippen LogP contribution < -0.4 is 5.32 Å². The van der Waals surface area contributed by atoms with Crippen molar-refractivity contribution in [2.24, 2.45) is 11.8 Å². The summed E-state index contributed by atoms with van der Waals surface area (Å²) >= 11 is 1.74. The second-order valence-corrected chi connectivity index (χ2v) is 6.60. The summed E-state index contributed by atoms with van der Waals surface area (Å²) in [6.07, 6.45) is 4.01. The SMILES string of the molecule is CC(C(=O)N1CCC(c2nccs2)CC1)C1CNC1. The molecule has 3 rings (SSSR count). The number of thiazole rings is 1. The summed E-state index contributed by atoms with van der Waals surface area (Å²) in [6, 6.07) is 0. The van der Waals surface area contributed by atoms with Gasteiger partial charge in [0.1, 0.15) is 0 Å². The van der Waals surface area contributed by atoms with Crippen molar-refractivity contribution in [2.45, 2.75) is 25.7 Å². The average molecular weight is 279 g/mol. The molecule has 2 aliphatic rings. The van der Waals surface area contributed by atoms with Gasteiger partial charge >= 0.3 is 0 Å². The van der Waals surface area contributed by atoms with Gasteiger partial charge in [-0.05, 0) is 31.8 Å². The standard InChI is InChI=1S/C14H21N3OS/c1-10(12-8-15-9-12)14(18)17-5-2-11(3-6-17)13-16-4-7-19-13/h4,7,10-12,15H,2-3,5-6,8-9H2,1H3. The Bertz CT molecular complexity index is 422. The second-order valence-electron chi connectivity index (χ2n) is 5.68. The van der Waals surface area contributed by atoms with Crippen LogP contribution in [0.1, 0.15) is 30.7 Å². The van der Waals surface area contributed by atoms with Gasteiger partial charge in [0.15, 0.2) is 0 Å². The molecule has 4 nitrogen and oxygen atoms in total. The topological polar surface area (TPSA) is 45.2 Å². The lowest BCUT2D eigenvalue weighted by Gasteiger charge is -2.37. The first-order valence-electron chi connectivity index (χ1n) is 7.14. The van der Waals surface area contributed by atoms with Gasteiger partial charge in [0.2, 0.25) is 5.91 Å². The molecule has 19 heavy (non-hydrogen) atoms. The van der Waals surface area contributed by atoms with E-state index < -0.39 is 0 Å². The first-order chi connectivity index (χ1) is 9.25. The summed E-state index contributed by atoms with van der Waals surface area (Å²) in [5.74, 6) is 1.63. The molecule has 1 aromatic heterocycles. The summed E-state index contributed by atoms with van der Waals surface area (Å²) in [6.45, 7) is 5.88. The van der Waals surface area contributed by atoms with Crippen molar-refractivity contribution in [1.82, 2.24) is 15.2 Å². The van der Waals surface area contributed by atoms with Crippen LogP contribution in [-0.4, -0.2) is 42.0 Å². The predicted octanol–water partition coefficient (Wildman–Crippen LogP) is 1.70. The largest absolute Gasteiger partial charge is 0.342 e. The van der Waals surface area contributed by atoms with Crippen LogP contribution in [0.4, 0.5) is 0 Å². The second kappa shape index (κ2) is 5.59. The molecule has 0 saturated carbocycles. The van der Waals surface area contributed by atoms with Crippen LogP contribution in [0.3, 0.4) is 0 Å². The zero-order valence-corrected chi connectivity index (χ0v) is 12.2. The van der Waals surface area contributed by atoms with Crippen LogP contribution in [-0.2, 0) is 4.79 Å². The molecule has 0 spiro atoms. The zero-order valence-electron chi connectivity index (χ0n) is 11.3. The molecule has 2 saturated heterocycles. The fourth-order valence-corrected chi connectivity index (χ4v) is 3.75. The highest BCUT2D eigenvalue weighted by molar-refractivity contribution is 7.09. The Hall–Kier alpha value is -0.940. The van der Waals surface area contributed by atoms with Crippen LogP contribution >= 0.6 is 11.3 Å². The van der Waals surface area contributed by atoms with Gasteiger partial charge in [-0.3, -0.25) is 4.79 Å². The molecule has 3 heterocycles. The number of carbonyl (C=O) groups excluding carboxylic acids is 1. The Kier molecular flexibility index (Phi) is 3.84. The van der Waals surface area contributed by atoms with Crippen LogP contribution in [0.2, 0.25) is 0 Å². The quantitative estimate of drug-likeness (QED) is 0.916. The highest BCUT2D eigenvalue weighted by Gasteiger charge is 2.33. The van der Waals surface area contributed by atoms with Crippen molar-refractivity contribution in [3.63, 3.8) is 0 Å². The molecule has 0 bridgehead atoms. The molecule has 0 aromatic carbocycles. The van der Waals surface area contributed by atoms with Crippen molar-refractivity contribution < 1.29 is 4.79 Å². The Labute approximate surface area is 118 Å². The Morgan fingerprint density at radius 1 is 1.47 bits per heavy atom. The number of carbonyl (C=O) groups is 1. The zero-order chi connectivity index (χ0) is 13.2. The van der Waals surface area contributed by atoms with E-state index in [1.165, 1.54) is 5.01 Å². The van der Waals surface area contributed by atoms with Crippen molar-refractivity contribution in [3.05, 3.63) is 16.6 Å². The van der Waals surface area contributed by atoms with E-state index in [2.05, 4.69) is 22.1 Å². The summed E-state index contributed by atoms with van der Waals surface area (Å²) in [5, 5.41) is 6.53. The molecule has 0 radical (unpaired) electrons. The first-order valence-corrected chi connectivity index (χ1v) is 8.02. The van der Waals surface area contributed by atoms with E-state index in [1.807, 2.05) is 11.6 Å². The van der Waals surface area contributed by atoms with E-state index in [4.69, 9.17) is 0 Å². The molecule has 1 atom stereocenters. The molecule has 5 heteroatoms. The maximum absolute atomic E-state index is 12.4. The minimum absolute atomic E-state index is 0.178. The van der Waals surface area contributed by atoms with Crippen LogP contribution in [0, 0.1) is 11.8 Å². The number of hydrogen-bond donors (Lipinski definition) is 1.